The van der Waals surface area contributed by atoms with Crippen molar-refractivity contribution in [3.63, 3.8) is 0 Å². The molecular weight excluding hydrogens is 392 g/mol. The predicted molar refractivity (Wildman–Crippen MR) is 124 cm³/mol. The summed E-state index contributed by atoms with van der Waals surface area (Å²) in [6, 6.07) is 20.1. The summed E-state index contributed by atoms with van der Waals surface area (Å²) >= 11 is 1.68. The number of thioether (sulfide) groups is 1. The van der Waals surface area contributed by atoms with E-state index in [1.165, 1.54) is 18.4 Å². The molecule has 5 heteroatoms. The molecule has 2 amide bonds. The van der Waals surface area contributed by atoms with Crippen molar-refractivity contribution >= 4 is 23.6 Å². The molecule has 160 valence electrons. The van der Waals surface area contributed by atoms with Crippen LogP contribution in [-0.4, -0.2) is 41.1 Å². The topological polar surface area (TPSA) is 49.4 Å². The molecule has 2 aromatic carbocycles. The minimum absolute atomic E-state index is 0.0287. The zero-order chi connectivity index (χ0) is 21.2. The molecule has 1 N–H and O–H groups in total. The van der Waals surface area contributed by atoms with Gasteiger partial charge in [-0.25, -0.2) is 0 Å². The van der Waals surface area contributed by atoms with Gasteiger partial charge >= 0.3 is 0 Å². The number of carbonyl (C=O) groups is 2. The smallest absolute Gasteiger partial charge is 0.242 e. The van der Waals surface area contributed by atoms with E-state index in [1.807, 2.05) is 43.3 Å². The molecule has 0 heterocycles. The summed E-state index contributed by atoms with van der Waals surface area (Å²) in [7, 11) is 0. The van der Waals surface area contributed by atoms with E-state index < -0.39 is 6.04 Å². The van der Waals surface area contributed by atoms with E-state index >= 15 is 0 Å². The molecule has 0 saturated heterocycles. The Hall–Kier alpha value is -2.27. The fraction of sp³-hybridized carbons (Fsp3) is 0.440. The van der Waals surface area contributed by atoms with Crippen LogP contribution >= 0.6 is 11.8 Å². The third-order valence-electron chi connectivity index (χ3n) is 5.68. The standard InChI is InChI=1S/C25H32N2O2S/c1-20(25(29)26-22-12-8-9-13-22)27(18-16-21-10-4-2-5-11-21)24(28)17-19-30-23-14-6-3-7-15-23/h2-7,10-11,14-15,20,22H,8-9,12-13,16-19H2,1H3,(H,26,29)/t20-/m0/s1. The van der Waals surface area contributed by atoms with Crippen molar-refractivity contribution < 1.29 is 9.59 Å². The lowest BCUT2D eigenvalue weighted by Gasteiger charge is -2.29. The van der Waals surface area contributed by atoms with Crippen molar-refractivity contribution in [3.05, 3.63) is 66.2 Å². The number of hydrogen-bond donors (Lipinski definition) is 1. The molecule has 4 nitrogen and oxygen atoms in total. The summed E-state index contributed by atoms with van der Waals surface area (Å²) in [5.74, 6) is 0.726. The van der Waals surface area contributed by atoms with Crippen molar-refractivity contribution in [1.29, 1.82) is 0 Å². The first kappa shape index (κ1) is 22.4. The van der Waals surface area contributed by atoms with E-state index in [0.717, 1.165) is 24.2 Å². The molecular formula is C25H32N2O2S. The monoisotopic (exact) mass is 424 g/mol. The second kappa shape index (κ2) is 11.8. The summed E-state index contributed by atoms with van der Waals surface area (Å²) in [4.78, 5) is 28.8. The van der Waals surface area contributed by atoms with Gasteiger partial charge in [-0.3, -0.25) is 9.59 Å². The van der Waals surface area contributed by atoms with Gasteiger partial charge in [-0.1, -0.05) is 61.4 Å². The maximum Gasteiger partial charge on any atom is 0.242 e. The highest BCUT2D eigenvalue weighted by molar-refractivity contribution is 7.99. The summed E-state index contributed by atoms with van der Waals surface area (Å²) < 4.78 is 0. The fourth-order valence-corrected chi connectivity index (χ4v) is 4.74. The van der Waals surface area contributed by atoms with E-state index in [0.29, 0.717) is 18.7 Å². The average molecular weight is 425 g/mol. The molecule has 30 heavy (non-hydrogen) atoms. The van der Waals surface area contributed by atoms with E-state index in [4.69, 9.17) is 0 Å². The Balaban J connectivity index is 1.59. The largest absolute Gasteiger partial charge is 0.352 e. The van der Waals surface area contributed by atoms with Gasteiger partial charge in [0, 0.05) is 29.7 Å². The van der Waals surface area contributed by atoms with Crippen LogP contribution in [0.25, 0.3) is 0 Å². The van der Waals surface area contributed by atoms with Crippen molar-refractivity contribution in [1.82, 2.24) is 10.2 Å². The summed E-state index contributed by atoms with van der Waals surface area (Å²) in [5.41, 5.74) is 1.18. The van der Waals surface area contributed by atoms with Crippen molar-refractivity contribution in [2.45, 2.75) is 62.4 Å². The molecule has 2 aromatic rings. The predicted octanol–water partition coefficient (Wildman–Crippen LogP) is 4.69. The number of carbonyl (C=O) groups excluding carboxylic acids is 2. The highest BCUT2D eigenvalue weighted by Gasteiger charge is 2.27. The zero-order valence-corrected chi connectivity index (χ0v) is 18.6. The molecule has 1 aliphatic rings. The lowest BCUT2D eigenvalue weighted by Crippen LogP contribution is -2.50. The minimum Gasteiger partial charge on any atom is -0.352 e. The van der Waals surface area contributed by atoms with Gasteiger partial charge in [0.1, 0.15) is 6.04 Å². The van der Waals surface area contributed by atoms with E-state index in [-0.39, 0.29) is 17.9 Å². The lowest BCUT2D eigenvalue weighted by atomic mass is 10.1. The summed E-state index contributed by atoms with van der Waals surface area (Å²) in [6.45, 7) is 2.41. The Labute approximate surface area is 184 Å². The number of nitrogens with zero attached hydrogens (tertiary/aromatic N) is 1. The second-order valence-electron chi connectivity index (χ2n) is 7.90. The molecule has 0 spiro atoms. The number of rotatable bonds is 10. The summed E-state index contributed by atoms with van der Waals surface area (Å²) in [5, 5.41) is 3.16. The summed E-state index contributed by atoms with van der Waals surface area (Å²) in [6.07, 6.45) is 5.61. The first-order chi connectivity index (χ1) is 14.6. The maximum atomic E-state index is 13.1. The van der Waals surface area contributed by atoms with Crippen LogP contribution < -0.4 is 5.32 Å². The van der Waals surface area contributed by atoms with E-state index in [1.54, 1.807) is 16.7 Å². The lowest BCUT2D eigenvalue weighted by molar-refractivity contribution is -0.139. The van der Waals surface area contributed by atoms with E-state index in [9.17, 15) is 9.59 Å². The van der Waals surface area contributed by atoms with Gasteiger partial charge in [0.15, 0.2) is 0 Å². The Kier molecular flexibility index (Phi) is 8.81. The second-order valence-corrected chi connectivity index (χ2v) is 9.07. The van der Waals surface area contributed by atoms with Crippen LogP contribution in [0.4, 0.5) is 0 Å². The van der Waals surface area contributed by atoms with Gasteiger partial charge in [0.2, 0.25) is 11.8 Å². The van der Waals surface area contributed by atoms with Crippen LogP contribution in [-0.2, 0) is 16.0 Å². The van der Waals surface area contributed by atoms with E-state index in [2.05, 4.69) is 29.6 Å². The Bertz CT molecular complexity index is 791. The van der Waals surface area contributed by atoms with Gasteiger partial charge in [0.05, 0.1) is 0 Å². The molecule has 0 unspecified atom stereocenters. The number of amides is 2. The Morgan fingerprint density at radius 1 is 1.03 bits per heavy atom. The maximum absolute atomic E-state index is 13.1. The van der Waals surface area contributed by atoms with Crippen LogP contribution in [0, 0.1) is 0 Å². The quantitative estimate of drug-likeness (QED) is 0.563. The third kappa shape index (κ3) is 6.91. The van der Waals surface area contributed by atoms with Crippen LogP contribution in [0.5, 0.6) is 0 Å². The van der Waals surface area contributed by atoms with Crippen LogP contribution in [0.2, 0.25) is 0 Å². The highest BCUT2D eigenvalue weighted by atomic mass is 32.2. The van der Waals surface area contributed by atoms with Crippen LogP contribution in [0.3, 0.4) is 0 Å². The average Bonchev–Trinajstić information content (AvgIpc) is 3.28. The van der Waals surface area contributed by atoms with Gasteiger partial charge < -0.3 is 10.2 Å². The Morgan fingerprint density at radius 3 is 2.33 bits per heavy atom. The van der Waals surface area contributed by atoms with Crippen molar-refractivity contribution in [2.24, 2.45) is 0 Å². The van der Waals surface area contributed by atoms with Crippen molar-refractivity contribution in [2.75, 3.05) is 12.3 Å². The van der Waals surface area contributed by atoms with Gasteiger partial charge in [-0.05, 0) is 43.9 Å². The minimum atomic E-state index is -0.455. The number of hydrogen-bond acceptors (Lipinski definition) is 3. The highest BCUT2D eigenvalue weighted by Crippen LogP contribution is 2.20. The molecule has 1 fully saturated rings. The SMILES string of the molecule is C[C@@H](C(=O)NC1CCCC1)N(CCc1ccccc1)C(=O)CCSc1ccccc1. The molecule has 0 aliphatic heterocycles. The molecule has 0 aromatic heterocycles. The first-order valence-corrected chi connectivity index (χ1v) is 11.9. The first-order valence-electron chi connectivity index (χ1n) is 10.9. The molecule has 1 aliphatic carbocycles. The number of nitrogens with one attached hydrogen (secondary N) is 1. The zero-order valence-electron chi connectivity index (χ0n) is 17.8. The third-order valence-corrected chi connectivity index (χ3v) is 6.69. The molecule has 0 bridgehead atoms. The van der Waals surface area contributed by atoms with Gasteiger partial charge in [-0.2, -0.15) is 0 Å². The van der Waals surface area contributed by atoms with Gasteiger partial charge in [-0.15, -0.1) is 11.8 Å². The van der Waals surface area contributed by atoms with Gasteiger partial charge in [0.25, 0.3) is 0 Å². The van der Waals surface area contributed by atoms with Crippen LogP contribution in [0.1, 0.15) is 44.6 Å². The Morgan fingerprint density at radius 2 is 1.67 bits per heavy atom. The molecule has 0 radical (unpaired) electrons. The fourth-order valence-electron chi connectivity index (χ4n) is 3.88. The molecule has 3 rings (SSSR count). The molecule has 1 saturated carbocycles. The van der Waals surface area contributed by atoms with Crippen LogP contribution in [0.15, 0.2) is 65.6 Å². The normalized spacial score (nSPS) is 15.0. The molecule has 1 atom stereocenters. The number of benzene rings is 2. The van der Waals surface area contributed by atoms with Crippen molar-refractivity contribution in [3.8, 4) is 0 Å².